The summed E-state index contributed by atoms with van der Waals surface area (Å²) in [6.45, 7) is 5.36. The van der Waals surface area contributed by atoms with Gasteiger partial charge in [-0.3, -0.25) is 9.78 Å². The molecule has 0 unspecified atom stereocenters. The molecule has 1 heterocycles. The number of carbonyl (C=O) groups is 1. The summed E-state index contributed by atoms with van der Waals surface area (Å²) in [5.41, 5.74) is 1.61. The molecule has 0 aliphatic rings. The molecule has 2 rings (SSSR count). The van der Waals surface area contributed by atoms with Gasteiger partial charge in [-0.1, -0.05) is 13.0 Å². The van der Waals surface area contributed by atoms with Crippen molar-refractivity contribution in [3.8, 4) is 0 Å². The highest BCUT2D eigenvalue weighted by atomic mass is 19.4. The maximum atomic E-state index is 13.6. The number of aromatic nitrogens is 1. The third-order valence-corrected chi connectivity index (χ3v) is 4.88. The van der Waals surface area contributed by atoms with Crippen molar-refractivity contribution in [3.63, 3.8) is 0 Å². The first kappa shape index (κ1) is 23.8. The highest BCUT2D eigenvalue weighted by Crippen LogP contribution is 2.34. The van der Waals surface area contributed by atoms with Gasteiger partial charge in [0.1, 0.15) is 0 Å². The fraction of sp³-hybridized carbons (Fsp3) is 0.455. The van der Waals surface area contributed by atoms with Gasteiger partial charge >= 0.3 is 6.18 Å². The van der Waals surface area contributed by atoms with E-state index in [0.29, 0.717) is 18.5 Å². The van der Waals surface area contributed by atoms with E-state index < -0.39 is 17.6 Å². The lowest BCUT2D eigenvalue weighted by molar-refractivity contribution is -0.138. The number of hydrogen-bond donors (Lipinski definition) is 1. The Morgan fingerprint density at radius 1 is 1.10 bits per heavy atom. The first-order valence-corrected chi connectivity index (χ1v) is 9.81. The minimum absolute atomic E-state index is 0.102. The Bertz CT molecular complexity index is 881. The second kappa shape index (κ2) is 10.0. The van der Waals surface area contributed by atoms with Crippen molar-refractivity contribution < 1.29 is 18.0 Å². The summed E-state index contributed by atoms with van der Waals surface area (Å²) in [5, 5.41) is 2.56. The molecule has 2 aromatic rings. The van der Waals surface area contributed by atoms with E-state index in [0.717, 1.165) is 23.9 Å². The van der Waals surface area contributed by atoms with E-state index in [-0.39, 0.29) is 17.8 Å². The molecule has 0 aliphatic heterocycles. The number of pyridine rings is 1. The zero-order valence-electron chi connectivity index (χ0n) is 18.1. The van der Waals surface area contributed by atoms with Gasteiger partial charge in [0.15, 0.2) is 0 Å². The second-order valence-electron chi connectivity index (χ2n) is 7.69. The Kier molecular flexibility index (Phi) is 7.97. The molecule has 0 radical (unpaired) electrons. The van der Waals surface area contributed by atoms with Crippen molar-refractivity contribution in [2.24, 2.45) is 0 Å². The van der Waals surface area contributed by atoms with Gasteiger partial charge in [0.2, 0.25) is 0 Å². The molecular formula is C22H29F3N4O. The molecule has 0 spiro atoms. The summed E-state index contributed by atoms with van der Waals surface area (Å²) in [5.74, 6) is -0.485. The number of rotatable bonds is 8. The Balaban J connectivity index is 2.22. The summed E-state index contributed by atoms with van der Waals surface area (Å²) in [4.78, 5) is 20.5. The number of likely N-dealkylation sites (N-methyl/N-ethyl adjacent to an activating group) is 2. The van der Waals surface area contributed by atoms with Gasteiger partial charge in [0, 0.05) is 37.2 Å². The SMILES string of the molecule is CCc1cc(C(=O)Nc2ccc(CN(C)CCN(C)C)c(C(F)(F)F)c2)cnc1C. The summed E-state index contributed by atoms with van der Waals surface area (Å²) in [6, 6.07) is 5.64. The van der Waals surface area contributed by atoms with E-state index in [2.05, 4.69) is 10.3 Å². The van der Waals surface area contributed by atoms with Crippen LogP contribution in [-0.2, 0) is 19.1 Å². The predicted molar refractivity (Wildman–Crippen MR) is 113 cm³/mol. The molecule has 0 fully saturated rings. The summed E-state index contributed by atoms with van der Waals surface area (Å²) >= 11 is 0. The third kappa shape index (κ3) is 6.53. The number of nitrogens with zero attached hydrogens (tertiary/aromatic N) is 3. The van der Waals surface area contributed by atoms with Crippen molar-refractivity contribution in [1.82, 2.24) is 14.8 Å². The quantitative estimate of drug-likeness (QED) is 0.692. The molecule has 1 aromatic carbocycles. The Morgan fingerprint density at radius 2 is 1.80 bits per heavy atom. The number of nitrogens with one attached hydrogen (secondary N) is 1. The van der Waals surface area contributed by atoms with Crippen LogP contribution >= 0.6 is 0 Å². The maximum Gasteiger partial charge on any atom is 0.416 e. The topological polar surface area (TPSA) is 48.5 Å². The number of halogens is 3. The van der Waals surface area contributed by atoms with Gasteiger partial charge in [-0.05, 0) is 63.8 Å². The van der Waals surface area contributed by atoms with Crippen LogP contribution in [0.25, 0.3) is 0 Å². The van der Waals surface area contributed by atoms with E-state index in [1.165, 1.54) is 18.3 Å². The number of carbonyl (C=O) groups excluding carboxylic acids is 1. The third-order valence-electron chi connectivity index (χ3n) is 4.88. The van der Waals surface area contributed by atoms with Crippen LogP contribution in [0.15, 0.2) is 30.5 Å². The lowest BCUT2D eigenvalue weighted by Gasteiger charge is -2.22. The van der Waals surface area contributed by atoms with E-state index >= 15 is 0 Å². The van der Waals surface area contributed by atoms with Crippen molar-refractivity contribution in [2.45, 2.75) is 33.0 Å². The molecule has 0 aliphatic carbocycles. The molecule has 0 atom stereocenters. The van der Waals surface area contributed by atoms with Crippen molar-refractivity contribution in [3.05, 3.63) is 58.4 Å². The van der Waals surface area contributed by atoms with Gasteiger partial charge < -0.3 is 15.1 Å². The van der Waals surface area contributed by atoms with Gasteiger partial charge in [0.05, 0.1) is 11.1 Å². The van der Waals surface area contributed by atoms with Crippen LogP contribution in [0, 0.1) is 6.92 Å². The van der Waals surface area contributed by atoms with E-state index in [1.54, 1.807) is 13.1 Å². The van der Waals surface area contributed by atoms with Crippen LogP contribution in [0.2, 0.25) is 0 Å². The van der Waals surface area contributed by atoms with Crippen LogP contribution < -0.4 is 5.32 Å². The van der Waals surface area contributed by atoms with E-state index in [4.69, 9.17) is 0 Å². The Labute approximate surface area is 175 Å². The Morgan fingerprint density at radius 3 is 2.40 bits per heavy atom. The Hall–Kier alpha value is -2.45. The van der Waals surface area contributed by atoms with Crippen LogP contribution in [0.5, 0.6) is 0 Å². The lowest BCUT2D eigenvalue weighted by Crippen LogP contribution is -2.29. The highest BCUT2D eigenvalue weighted by molar-refractivity contribution is 6.04. The van der Waals surface area contributed by atoms with Crippen LogP contribution in [-0.4, -0.2) is 54.9 Å². The minimum Gasteiger partial charge on any atom is -0.322 e. The molecule has 1 amide bonds. The number of alkyl halides is 3. The first-order valence-electron chi connectivity index (χ1n) is 9.81. The standard InChI is InChI=1S/C22H29F3N4O/c1-6-16-11-18(13-26-15(16)2)21(30)27-19-8-7-17(20(12-19)22(23,24)25)14-29(5)10-9-28(3)4/h7-8,11-13H,6,9-10,14H2,1-5H3,(H,27,30). The van der Waals surface area contributed by atoms with Gasteiger partial charge in [0.25, 0.3) is 5.91 Å². The van der Waals surface area contributed by atoms with Crippen molar-refractivity contribution >= 4 is 11.6 Å². The zero-order valence-corrected chi connectivity index (χ0v) is 18.1. The fourth-order valence-electron chi connectivity index (χ4n) is 3.06. The molecule has 8 heteroatoms. The van der Waals surface area contributed by atoms with E-state index in [1.807, 2.05) is 37.7 Å². The number of aryl methyl sites for hydroxylation is 2. The number of hydrogen-bond acceptors (Lipinski definition) is 4. The minimum atomic E-state index is -4.51. The molecule has 0 bridgehead atoms. The van der Waals surface area contributed by atoms with Crippen LogP contribution in [0.3, 0.4) is 0 Å². The molecule has 30 heavy (non-hydrogen) atoms. The lowest BCUT2D eigenvalue weighted by atomic mass is 10.0. The van der Waals surface area contributed by atoms with Gasteiger partial charge in [-0.2, -0.15) is 13.2 Å². The molecule has 5 nitrogen and oxygen atoms in total. The maximum absolute atomic E-state index is 13.6. The smallest absolute Gasteiger partial charge is 0.322 e. The molecule has 164 valence electrons. The number of amides is 1. The normalized spacial score (nSPS) is 11.9. The molecule has 0 saturated carbocycles. The summed E-state index contributed by atoms with van der Waals surface area (Å²) in [6.07, 6.45) is -2.37. The van der Waals surface area contributed by atoms with E-state index in [9.17, 15) is 18.0 Å². The van der Waals surface area contributed by atoms with Crippen molar-refractivity contribution in [2.75, 3.05) is 39.5 Å². The average molecular weight is 422 g/mol. The van der Waals surface area contributed by atoms with Crippen LogP contribution in [0.4, 0.5) is 18.9 Å². The zero-order chi connectivity index (χ0) is 22.5. The number of benzene rings is 1. The van der Waals surface area contributed by atoms with Gasteiger partial charge in [-0.25, -0.2) is 0 Å². The van der Waals surface area contributed by atoms with Crippen LogP contribution in [0.1, 0.15) is 39.7 Å². The average Bonchev–Trinajstić information content (AvgIpc) is 2.67. The first-order chi connectivity index (χ1) is 14.0. The molecule has 1 aromatic heterocycles. The molecular weight excluding hydrogens is 393 g/mol. The predicted octanol–water partition coefficient (Wildman–Crippen LogP) is 4.22. The largest absolute Gasteiger partial charge is 0.416 e. The van der Waals surface area contributed by atoms with Crippen molar-refractivity contribution in [1.29, 1.82) is 0 Å². The number of anilines is 1. The summed E-state index contributed by atoms with van der Waals surface area (Å²) < 4.78 is 40.9. The second-order valence-corrected chi connectivity index (χ2v) is 7.69. The summed E-state index contributed by atoms with van der Waals surface area (Å²) in [7, 11) is 5.62. The fourth-order valence-corrected chi connectivity index (χ4v) is 3.06. The van der Waals surface area contributed by atoms with Gasteiger partial charge in [-0.15, -0.1) is 0 Å². The molecule has 0 saturated heterocycles. The highest BCUT2D eigenvalue weighted by Gasteiger charge is 2.34. The monoisotopic (exact) mass is 422 g/mol. The molecule has 1 N–H and O–H groups in total.